The van der Waals surface area contributed by atoms with E-state index in [0.717, 1.165) is 16.7 Å². The highest BCUT2D eigenvalue weighted by Crippen LogP contribution is 2.40. The summed E-state index contributed by atoms with van der Waals surface area (Å²) in [5.41, 5.74) is 4.11. The van der Waals surface area contributed by atoms with Gasteiger partial charge in [0.25, 0.3) is 0 Å². The largest absolute Gasteiger partial charge is 0.384 e. The Morgan fingerprint density at radius 3 is 2.71 bits per heavy atom. The summed E-state index contributed by atoms with van der Waals surface area (Å²) in [5, 5.41) is 13.8. The van der Waals surface area contributed by atoms with E-state index in [9.17, 15) is 9.90 Å². The number of aliphatic hydroxyl groups excluding tert-OH is 1. The number of anilines is 1. The number of rotatable bonds is 2. The smallest absolute Gasteiger partial charge is 0.231 e. The highest BCUT2D eigenvalue weighted by atomic mass is 35.5. The summed E-state index contributed by atoms with van der Waals surface area (Å²) in [7, 11) is 0. The van der Waals surface area contributed by atoms with Crippen molar-refractivity contribution in [2.45, 2.75) is 25.9 Å². The molecule has 108 valence electrons. The number of hydrogen-bond donors (Lipinski definition) is 2. The quantitative estimate of drug-likeness (QED) is 0.886. The maximum absolute atomic E-state index is 11.7. The second kappa shape index (κ2) is 5.17. The van der Waals surface area contributed by atoms with Crippen molar-refractivity contribution in [3.05, 3.63) is 63.7 Å². The Hall–Kier alpha value is -1.84. The summed E-state index contributed by atoms with van der Waals surface area (Å²) in [4.78, 5) is 11.7. The molecule has 1 aliphatic rings. The molecule has 0 radical (unpaired) electrons. The first-order valence-corrected chi connectivity index (χ1v) is 7.24. The fraction of sp³-hybridized carbons (Fsp3) is 0.235. The van der Waals surface area contributed by atoms with Crippen molar-refractivity contribution in [3.8, 4) is 0 Å². The SMILES string of the molecule is Cc1cccc(C(O)c2cc(Cl)c3c(c2)C(C)C(=O)N3)c1. The molecule has 2 unspecified atom stereocenters. The Labute approximate surface area is 128 Å². The van der Waals surface area contributed by atoms with Crippen LogP contribution in [-0.2, 0) is 4.79 Å². The van der Waals surface area contributed by atoms with Crippen LogP contribution in [0.5, 0.6) is 0 Å². The molecule has 0 aromatic heterocycles. The van der Waals surface area contributed by atoms with Gasteiger partial charge in [0.05, 0.1) is 16.6 Å². The predicted molar refractivity (Wildman–Crippen MR) is 83.7 cm³/mol. The average molecular weight is 302 g/mol. The van der Waals surface area contributed by atoms with E-state index in [2.05, 4.69) is 5.32 Å². The molecule has 1 amide bonds. The average Bonchev–Trinajstić information content (AvgIpc) is 2.75. The molecule has 3 rings (SSSR count). The molecule has 1 aliphatic heterocycles. The summed E-state index contributed by atoms with van der Waals surface area (Å²) in [5.74, 6) is -0.309. The number of hydrogen-bond acceptors (Lipinski definition) is 2. The van der Waals surface area contributed by atoms with Gasteiger partial charge in [-0.2, -0.15) is 0 Å². The zero-order valence-electron chi connectivity index (χ0n) is 11.9. The maximum atomic E-state index is 11.7. The van der Waals surface area contributed by atoms with Gasteiger partial charge in [0.15, 0.2) is 0 Å². The molecule has 3 nitrogen and oxygen atoms in total. The molecule has 4 heteroatoms. The van der Waals surface area contributed by atoms with Crippen LogP contribution in [0.4, 0.5) is 5.69 Å². The van der Waals surface area contributed by atoms with Crippen LogP contribution in [0, 0.1) is 6.92 Å². The normalized spacial score (nSPS) is 18.3. The topological polar surface area (TPSA) is 49.3 Å². The zero-order valence-corrected chi connectivity index (χ0v) is 12.6. The highest BCUT2D eigenvalue weighted by Gasteiger charge is 2.29. The molecule has 0 saturated carbocycles. The lowest BCUT2D eigenvalue weighted by molar-refractivity contribution is -0.116. The molecular formula is C17H16ClNO2. The van der Waals surface area contributed by atoms with Gasteiger partial charge in [-0.1, -0.05) is 41.4 Å². The number of benzene rings is 2. The van der Waals surface area contributed by atoms with Crippen LogP contribution >= 0.6 is 11.6 Å². The molecule has 2 aromatic rings. The number of aliphatic hydroxyl groups is 1. The summed E-state index contributed by atoms with van der Waals surface area (Å²) >= 11 is 6.24. The van der Waals surface area contributed by atoms with Gasteiger partial charge >= 0.3 is 0 Å². The van der Waals surface area contributed by atoms with Crippen molar-refractivity contribution < 1.29 is 9.90 Å². The number of halogens is 1. The van der Waals surface area contributed by atoms with Gasteiger partial charge in [0.2, 0.25) is 5.91 Å². The second-order valence-corrected chi connectivity index (χ2v) is 5.90. The monoisotopic (exact) mass is 301 g/mol. The van der Waals surface area contributed by atoms with E-state index in [0.29, 0.717) is 16.3 Å². The third kappa shape index (κ3) is 2.43. The number of carbonyl (C=O) groups is 1. The van der Waals surface area contributed by atoms with E-state index in [1.54, 1.807) is 6.07 Å². The standard InChI is InChI=1S/C17H16ClNO2/c1-9-4-3-5-11(6-9)16(20)12-7-13-10(2)17(21)19-15(13)14(18)8-12/h3-8,10,16,20H,1-2H3,(H,19,21). The third-order valence-corrected chi connectivity index (χ3v) is 4.22. The van der Waals surface area contributed by atoms with E-state index in [-0.39, 0.29) is 11.8 Å². The summed E-state index contributed by atoms with van der Waals surface area (Å²) in [6, 6.07) is 11.3. The van der Waals surface area contributed by atoms with Crippen molar-refractivity contribution in [1.82, 2.24) is 0 Å². The fourth-order valence-electron chi connectivity index (χ4n) is 2.69. The minimum atomic E-state index is -0.754. The Morgan fingerprint density at radius 1 is 1.24 bits per heavy atom. The Balaban J connectivity index is 2.05. The molecule has 0 saturated heterocycles. The molecule has 0 fully saturated rings. The van der Waals surface area contributed by atoms with Crippen LogP contribution in [0.3, 0.4) is 0 Å². The highest BCUT2D eigenvalue weighted by molar-refractivity contribution is 6.34. The van der Waals surface area contributed by atoms with Crippen molar-refractivity contribution in [2.75, 3.05) is 5.32 Å². The van der Waals surface area contributed by atoms with E-state index < -0.39 is 6.10 Å². The predicted octanol–water partition coefficient (Wildman–Crippen LogP) is 3.79. The number of fused-ring (bicyclic) bond motifs is 1. The lowest BCUT2D eigenvalue weighted by Crippen LogP contribution is -2.08. The first-order valence-electron chi connectivity index (χ1n) is 6.86. The van der Waals surface area contributed by atoms with E-state index in [1.807, 2.05) is 44.2 Å². The Morgan fingerprint density at radius 2 is 2.00 bits per heavy atom. The van der Waals surface area contributed by atoms with Gasteiger partial charge < -0.3 is 10.4 Å². The molecule has 1 heterocycles. The number of carbonyl (C=O) groups excluding carboxylic acids is 1. The molecule has 2 N–H and O–H groups in total. The Bertz CT molecular complexity index is 727. The second-order valence-electron chi connectivity index (χ2n) is 5.49. The Kier molecular flexibility index (Phi) is 3.47. The van der Waals surface area contributed by atoms with E-state index in [1.165, 1.54) is 0 Å². The zero-order chi connectivity index (χ0) is 15.1. The van der Waals surface area contributed by atoms with Gasteiger partial charge in [0, 0.05) is 0 Å². The van der Waals surface area contributed by atoms with E-state index in [4.69, 9.17) is 11.6 Å². The summed E-state index contributed by atoms with van der Waals surface area (Å²) in [6.45, 7) is 3.82. The van der Waals surface area contributed by atoms with Gasteiger partial charge in [-0.15, -0.1) is 0 Å². The van der Waals surface area contributed by atoms with Gasteiger partial charge in [-0.05, 0) is 42.7 Å². The first-order chi connectivity index (χ1) is 9.97. The fourth-order valence-corrected chi connectivity index (χ4v) is 2.97. The van der Waals surface area contributed by atoms with Crippen molar-refractivity contribution in [2.24, 2.45) is 0 Å². The molecular weight excluding hydrogens is 286 g/mol. The van der Waals surface area contributed by atoms with Gasteiger partial charge in [0.1, 0.15) is 6.10 Å². The molecule has 21 heavy (non-hydrogen) atoms. The van der Waals surface area contributed by atoms with Crippen LogP contribution in [0.1, 0.15) is 41.2 Å². The first kappa shape index (κ1) is 14.1. The van der Waals surface area contributed by atoms with Crippen LogP contribution in [0.15, 0.2) is 36.4 Å². The van der Waals surface area contributed by atoms with Crippen LogP contribution in [-0.4, -0.2) is 11.0 Å². The van der Waals surface area contributed by atoms with E-state index >= 15 is 0 Å². The summed E-state index contributed by atoms with van der Waals surface area (Å²) < 4.78 is 0. The van der Waals surface area contributed by atoms with Crippen LogP contribution in [0.2, 0.25) is 5.02 Å². The van der Waals surface area contributed by atoms with Crippen molar-refractivity contribution in [3.63, 3.8) is 0 Å². The molecule has 0 bridgehead atoms. The number of nitrogens with one attached hydrogen (secondary N) is 1. The summed E-state index contributed by atoms with van der Waals surface area (Å²) in [6.07, 6.45) is -0.754. The van der Waals surface area contributed by atoms with Crippen molar-refractivity contribution in [1.29, 1.82) is 0 Å². The lowest BCUT2D eigenvalue weighted by atomic mass is 9.95. The maximum Gasteiger partial charge on any atom is 0.231 e. The van der Waals surface area contributed by atoms with Crippen LogP contribution in [0.25, 0.3) is 0 Å². The molecule has 2 aromatic carbocycles. The number of aryl methyl sites for hydroxylation is 1. The van der Waals surface area contributed by atoms with Gasteiger partial charge in [-0.25, -0.2) is 0 Å². The minimum absolute atomic E-state index is 0.0610. The van der Waals surface area contributed by atoms with Crippen LogP contribution < -0.4 is 5.32 Å². The molecule has 0 aliphatic carbocycles. The third-order valence-electron chi connectivity index (χ3n) is 3.92. The van der Waals surface area contributed by atoms with Crippen molar-refractivity contribution >= 4 is 23.2 Å². The molecule has 0 spiro atoms. The van der Waals surface area contributed by atoms with Gasteiger partial charge in [-0.3, -0.25) is 4.79 Å². The lowest BCUT2D eigenvalue weighted by Gasteiger charge is -2.15. The molecule has 2 atom stereocenters. The minimum Gasteiger partial charge on any atom is -0.384 e. The number of amides is 1.